The van der Waals surface area contributed by atoms with Gasteiger partial charge >= 0.3 is 11.7 Å². The summed E-state index contributed by atoms with van der Waals surface area (Å²) in [7, 11) is 0. The number of nitrogens with zero attached hydrogens (tertiary/aromatic N) is 1. The third-order valence-electron chi connectivity index (χ3n) is 2.57. The number of carbonyl (C=O) groups is 1. The van der Waals surface area contributed by atoms with Crippen LogP contribution in [-0.4, -0.2) is 37.9 Å². The van der Waals surface area contributed by atoms with Gasteiger partial charge in [0.25, 0.3) is 5.56 Å². The summed E-state index contributed by atoms with van der Waals surface area (Å²) in [4.78, 5) is 34.6. The van der Waals surface area contributed by atoms with Crippen LogP contribution in [0.2, 0.25) is 0 Å². The number of carboxylic acids is 1. The Morgan fingerprint density at radius 2 is 2.22 bits per heavy atom. The molecule has 3 atom stereocenters. The number of H-pyrrole nitrogens is 1. The second kappa shape index (κ2) is 4.35. The Hall–Kier alpha value is -2.00. The van der Waals surface area contributed by atoms with Crippen LogP contribution in [0.25, 0.3) is 0 Å². The molecule has 0 aromatic carbocycles. The van der Waals surface area contributed by atoms with Crippen LogP contribution in [0, 0.1) is 5.82 Å². The molecule has 0 saturated carbocycles. The largest absolute Gasteiger partial charge is 0.479 e. The zero-order valence-electron chi connectivity index (χ0n) is 8.87. The van der Waals surface area contributed by atoms with E-state index in [0.29, 0.717) is 10.8 Å². The molecular formula is C9H9FN2O6. The third-order valence-corrected chi connectivity index (χ3v) is 2.57. The lowest BCUT2D eigenvalue weighted by Gasteiger charge is -2.13. The molecule has 0 radical (unpaired) electrons. The van der Waals surface area contributed by atoms with Gasteiger partial charge in [-0.15, -0.1) is 0 Å². The summed E-state index contributed by atoms with van der Waals surface area (Å²) in [5, 5.41) is 18.1. The summed E-state index contributed by atoms with van der Waals surface area (Å²) in [6.45, 7) is 0. The van der Waals surface area contributed by atoms with E-state index in [-0.39, 0.29) is 6.42 Å². The molecule has 0 bridgehead atoms. The number of nitrogens with one attached hydrogen (secondary N) is 1. The number of aromatic amines is 1. The number of ether oxygens (including phenoxy) is 1. The van der Waals surface area contributed by atoms with Crippen LogP contribution in [0.1, 0.15) is 12.6 Å². The average molecular weight is 260 g/mol. The minimum Gasteiger partial charge on any atom is -0.479 e. The Kier molecular flexibility index (Phi) is 3.01. The highest BCUT2D eigenvalue weighted by Gasteiger charge is 2.40. The van der Waals surface area contributed by atoms with Crippen molar-refractivity contribution >= 4 is 5.97 Å². The molecule has 3 N–H and O–H groups in total. The molecule has 0 spiro atoms. The molecule has 0 unspecified atom stereocenters. The number of rotatable bonds is 2. The van der Waals surface area contributed by atoms with Crippen LogP contribution >= 0.6 is 0 Å². The minimum atomic E-state index is -1.49. The maximum absolute atomic E-state index is 13.0. The summed E-state index contributed by atoms with van der Waals surface area (Å²) in [6, 6.07) is 0. The fourth-order valence-corrected chi connectivity index (χ4v) is 1.72. The van der Waals surface area contributed by atoms with E-state index < -0.39 is 41.5 Å². The van der Waals surface area contributed by atoms with E-state index in [4.69, 9.17) is 9.84 Å². The highest BCUT2D eigenvalue weighted by Crippen LogP contribution is 2.27. The molecule has 1 aliphatic rings. The van der Waals surface area contributed by atoms with E-state index in [1.165, 1.54) is 0 Å². The monoisotopic (exact) mass is 260 g/mol. The van der Waals surface area contributed by atoms with Gasteiger partial charge in [-0.1, -0.05) is 0 Å². The second-order valence-corrected chi connectivity index (χ2v) is 3.80. The number of aliphatic hydroxyl groups is 1. The lowest BCUT2D eigenvalue weighted by molar-refractivity contribution is -0.155. The molecule has 0 amide bonds. The molecule has 8 nitrogen and oxygen atoms in total. The molecule has 1 saturated heterocycles. The molecule has 2 rings (SSSR count). The van der Waals surface area contributed by atoms with Crippen molar-refractivity contribution in [1.82, 2.24) is 9.55 Å². The first-order valence-corrected chi connectivity index (χ1v) is 4.97. The lowest BCUT2D eigenvalue weighted by atomic mass is 10.2. The molecule has 98 valence electrons. The van der Waals surface area contributed by atoms with Crippen LogP contribution < -0.4 is 11.2 Å². The summed E-state index contributed by atoms with van der Waals surface area (Å²) < 4.78 is 18.6. The quantitative estimate of drug-likeness (QED) is 0.589. The van der Waals surface area contributed by atoms with Crippen molar-refractivity contribution in [3.8, 4) is 0 Å². The fraction of sp³-hybridized carbons (Fsp3) is 0.444. The van der Waals surface area contributed by atoms with Crippen molar-refractivity contribution < 1.29 is 24.1 Å². The van der Waals surface area contributed by atoms with Crippen LogP contribution in [0.4, 0.5) is 4.39 Å². The van der Waals surface area contributed by atoms with Crippen LogP contribution in [0.3, 0.4) is 0 Å². The predicted molar refractivity (Wildman–Crippen MR) is 53.5 cm³/mol. The Morgan fingerprint density at radius 3 is 2.78 bits per heavy atom. The fourth-order valence-electron chi connectivity index (χ4n) is 1.72. The van der Waals surface area contributed by atoms with Crippen molar-refractivity contribution in [3.63, 3.8) is 0 Å². The first kappa shape index (κ1) is 12.5. The number of halogens is 1. The SMILES string of the molecule is O=C(O)[C@@H]1O[C@H](n2cc(F)c(=O)[nH]c2=O)C[C@@H]1O. The molecule has 1 aromatic rings. The Balaban J connectivity index is 2.35. The number of aliphatic carboxylic acids is 1. The molecule has 1 fully saturated rings. The van der Waals surface area contributed by atoms with Gasteiger partial charge in [-0.2, -0.15) is 4.39 Å². The predicted octanol–water partition coefficient (Wildman–Crippen LogP) is -1.59. The normalized spacial score (nSPS) is 27.3. The van der Waals surface area contributed by atoms with Crippen molar-refractivity contribution in [3.05, 3.63) is 32.9 Å². The van der Waals surface area contributed by atoms with Crippen LogP contribution in [-0.2, 0) is 9.53 Å². The zero-order chi connectivity index (χ0) is 13.4. The number of hydrogen-bond acceptors (Lipinski definition) is 5. The first-order chi connectivity index (χ1) is 8.40. The lowest BCUT2D eigenvalue weighted by Crippen LogP contribution is -2.34. The van der Waals surface area contributed by atoms with Crippen molar-refractivity contribution in [2.24, 2.45) is 0 Å². The summed E-state index contributed by atoms with van der Waals surface area (Å²) in [5.74, 6) is -2.59. The van der Waals surface area contributed by atoms with E-state index in [9.17, 15) is 23.9 Å². The van der Waals surface area contributed by atoms with E-state index >= 15 is 0 Å². The molecule has 18 heavy (non-hydrogen) atoms. The third kappa shape index (κ3) is 2.05. The summed E-state index contributed by atoms with van der Waals surface area (Å²) in [6.07, 6.45) is -3.52. The van der Waals surface area contributed by atoms with Crippen LogP contribution in [0.5, 0.6) is 0 Å². The molecule has 9 heteroatoms. The highest BCUT2D eigenvalue weighted by molar-refractivity contribution is 5.73. The topological polar surface area (TPSA) is 122 Å². The first-order valence-electron chi connectivity index (χ1n) is 4.97. The number of aliphatic hydroxyl groups excluding tert-OH is 1. The minimum absolute atomic E-state index is 0.192. The number of hydrogen-bond donors (Lipinski definition) is 3. The summed E-state index contributed by atoms with van der Waals surface area (Å²) >= 11 is 0. The van der Waals surface area contributed by atoms with Gasteiger partial charge in [-0.3, -0.25) is 14.3 Å². The van der Waals surface area contributed by atoms with Crippen molar-refractivity contribution in [2.45, 2.75) is 24.9 Å². The maximum atomic E-state index is 13.0. The molecule has 1 aliphatic heterocycles. The zero-order valence-corrected chi connectivity index (χ0v) is 8.87. The van der Waals surface area contributed by atoms with Gasteiger partial charge in [0.15, 0.2) is 6.10 Å². The Morgan fingerprint density at radius 1 is 1.56 bits per heavy atom. The summed E-state index contributed by atoms with van der Waals surface area (Å²) in [5.41, 5.74) is -2.12. The van der Waals surface area contributed by atoms with E-state index in [0.717, 1.165) is 0 Å². The molecule has 1 aromatic heterocycles. The highest BCUT2D eigenvalue weighted by atomic mass is 19.1. The van der Waals surface area contributed by atoms with E-state index in [1.54, 1.807) is 4.98 Å². The van der Waals surface area contributed by atoms with Crippen molar-refractivity contribution in [1.29, 1.82) is 0 Å². The van der Waals surface area contributed by atoms with Gasteiger partial charge in [0.05, 0.1) is 12.3 Å². The van der Waals surface area contributed by atoms with Gasteiger partial charge < -0.3 is 14.9 Å². The second-order valence-electron chi connectivity index (χ2n) is 3.80. The van der Waals surface area contributed by atoms with Gasteiger partial charge in [0.1, 0.15) is 6.23 Å². The Bertz CT molecular complexity index is 593. The standard InChI is InChI=1S/C9H9FN2O6/c10-3-2-12(9(17)11-7(3)14)5-1-4(13)6(18-5)8(15)16/h2,4-6,13H,1H2,(H,15,16)(H,11,14,17)/t4-,5-,6+/m0/s1. The maximum Gasteiger partial charge on any atom is 0.335 e. The van der Waals surface area contributed by atoms with E-state index in [2.05, 4.69) is 0 Å². The molecular weight excluding hydrogens is 251 g/mol. The van der Waals surface area contributed by atoms with Gasteiger partial charge in [-0.25, -0.2) is 9.59 Å². The number of aromatic nitrogens is 2. The van der Waals surface area contributed by atoms with Gasteiger partial charge in [-0.05, 0) is 0 Å². The average Bonchev–Trinajstić information content (AvgIpc) is 2.65. The molecule has 2 heterocycles. The Labute approximate surface area is 98.3 Å². The van der Waals surface area contributed by atoms with Gasteiger partial charge in [0, 0.05) is 6.42 Å². The van der Waals surface area contributed by atoms with Crippen LogP contribution in [0.15, 0.2) is 15.8 Å². The van der Waals surface area contributed by atoms with Crippen molar-refractivity contribution in [2.75, 3.05) is 0 Å². The van der Waals surface area contributed by atoms with Gasteiger partial charge in [0.2, 0.25) is 5.82 Å². The smallest absolute Gasteiger partial charge is 0.335 e. The number of carboxylic acid groups (broad SMARTS) is 1. The van der Waals surface area contributed by atoms with E-state index in [1.807, 2.05) is 0 Å². The molecule has 0 aliphatic carbocycles.